The van der Waals surface area contributed by atoms with Crippen LogP contribution in [-0.4, -0.2) is 68.3 Å². The number of piperazine rings is 1. The first-order chi connectivity index (χ1) is 18.1. The Labute approximate surface area is 224 Å². The van der Waals surface area contributed by atoms with Gasteiger partial charge in [0, 0.05) is 68.7 Å². The summed E-state index contributed by atoms with van der Waals surface area (Å²) in [5.41, 5.74) is 2.37. The second kappa shape index (κ2) is 12.2. The van der Waals surface area contributed by atoms with Crippen molar-refractivity contribution < 1.29 is 9.53 Å². The summed E-state index contributed by atoms with van der Waals surface area (Å²) in [4.78, 5) is 18.0. The first-order valence-electron chi connectivity index (χ1n) is 13.6. The fourth-order valence-electron chi connectivity index (χ4n) is 5.81. The zero-order valence-electron chi connectivity index (χ0n) is 21.3. The number of nitriles is 1. The molecule has 5 rings (SSSR count). The Morgan fingerprint density at radius 2 is 1.68 bits per heavy atom. The predicted octanol–water partition coefficient (Wildman–Crippen LogP) is 4.21. The SMILES string of the molecule is N#Cc1ccc(O[C@H]2CC[C@H](NC(=O)c3ccc(N4CCC(N5CCNCC5)CC4)cc3)CC2)cc1Cl. The molecule has 2 aliphatic heterocycles. The van der Waals surface area contributed by atoms with E-state index in [4.69, 9.17) is 21.6 Å². The Kier molecular flexibility index (Phi) is 8.50. The minimum Gasteiger partial charge on any atom is -0.490 e. The molecule has 0 atom stereocenters. The van der Waals surface area contributed by atoms with E-state index in [1.54, 1.807) is 18.2 Å². The Morgan fingerprint density at radius 3 is 2.32 bits per heavy atom. The van der Waals surface area contributed by atoms with Crippen LogP contribution in [0.3, 0.4) is 0 Å². The van der Waals surface area contributed by atoms with Crippen LogP contribution in [0.5, 0.6) is 5.75 Å². The van der Waals surface area contributed by atoms with Crippen molar-refractivity contribution >= 4 is 23.2 Å². The molecule has 2 heterocycles. The molecule has 2 aromatic rings. The van der Waals surface area contributed by atoms with E-state index in [1.807, 2.05) is 12.1 Å². The lowest BCUT2D eigenvalue weighted by Gasteiger charge is -2.41. The van der Waals surface area contributed by atoms with E-state index in [2.05, 4.69) is 38.6 Å². The number of anilines is 1. The highest BCUT2D eigenvalue weighted by Gasteiger charge is 2.26. The van der Waals surface area contributed by atoms with Crippen LogP contribution in [0.15, 0.2) is 42.5 Å². The fraction of sp³-hybridized carbons (Fsp3) is 0.517. The fourth-order valence-corrected chi connectivity index (χ4v) is 6.02. The van der Waals surface area contributed by atoms with Crippen molar-refractivity contribution in [1.82, 2.24) is 15.5 Å². The summed E-state index contributed by atoms with van der Waals surface area (Å²) < 4.78 is 6.07. The van der Waals surface area contributed by atoms with Gasteiger partial charge in [-0.2, -0.15) is 5.26 Å². The molecule has 2 saturated heterocycles. The molecule has 0 bridgehead atoms. The highest BCUT2D eigenvalue weighted by Crippen LogP contribution is 2.28. The molecule has 2 aromatic carbocycles. The van der Waals surface area contributed by atoms with Gasteiger partial charge in [-0.15, -0.1) is 0 Å². The summed E-state index contributed by atoms with van der Waals surface area (Å²) in [6, 6.07) is 16.2. The maximum Gasteiger partial charge on any atom is 0.251 e. The standard InChI is InChI=1S/C29H36ClN5O2/c30-28-19-27(8-3-22(28)20-31)37-26-9-4-23(5-10-26)33-29(36)21-1-6-24(7-2-21)34-15-11-25(12-16-34)35-17-13-32-14-18-35/h1-3,6-8,19,23,25-26,32H,4-5,9-18H2,(H,33,36)/t23-,26-. The first kappa shape index (κ1) is 25.8. The molecule has 3 fully saturated rings. The topological polar surface area (TPSA) is 80.6 Å². The van der Waals surface area contributed by atoms with E-state index >= 15 is 0 Å². The number of benzene rings is 2. The van der Waals surface area contributed by atoms with Gasteiger partial charge in [0.15, 0.2) is 0 Å². The highest BCUT2D eigenvalue weighted by molar-refractivity contribution is 6.31. The van der Waals surface area contributed by atoms with E-state index in [0.717, 1.165) is 65.0 Å². The van der Waals surface area contributed by atoms with Crippen molar-refractivity contribution in [3.05, 3.63) is 58.6 Å². The Morgan fingerprint density at radius 1 is 0.973 bits per heavy atom. The molecular formula is C29H36ClN5O2. The molecule has 2 N–H and O–H groups in total. The number of hydrogen-bond donors (Lipinski definition) is 2. The molecule has 1 aliphatic carbocycles. The van der Waals surface area contributed by atoms with Crippen LogP contribution in [0, 0.1) is 11.3 Å². The molecule has 0 aromatic heterocycles. The molecule has 0 unspecified atom stereocenters. The molecular weight excluding hydrogens is 486 g/mol. The molecule has 0 radical (unpaired) electrons. The Balaban J connectivity index is 1.06. The van der Waals surface area contributed by atoms with Gasteiger partial charge in [0.05, 0.1) is 16.7 Å². The average molecular weight is 522 g/mol. The second-order valence-corrected chi connectivity index (χ2v) is 10.8. The third-order valence-corrected chi connectivity index (χ3v) is 8.31. The van der Waals surface area contributed by atoms with Crippen LogP contribution >= 0.6 is 11.6 Å². The van der Waals surface area contributed by atoms with Crippen molar-refractivity contribution in [2.45, 2.75) is 56.7 Å². The van der Waals surface area contributed by atoms with E-state index in [-0.39, 0.29) is 18.1 Å². The monoisotopic (exact) mass is 521 g/mol. The maximum atomic E-state index is 12.9. The van der Waals surface area contributed by atoms with Crippen LogP contribution in [0.25, 0.3) is 0 Å². The summed E-state index contributed by atoms with van der Waals surface area (Å²) in [5.74, 6) is 0.678. The van der Waals surface area contributed by atoms with Crippen LogP contribution in [0.1, 0.15) is 54.4 Å². The number of nitrogens with one attached hydrogen (secondary N) is 2. The van der Waals surface area contributed by atoms with Gasteiger partial charge in [-0.05, 0) is 74.9 Å². The number of amides is 1. The number of halogens is 1. The van der Waals surface area contributed by atoms with E-state index in [9.17, 15) is 4.79 Å². The van der Waals surface area contributed by atoms with Crippen molar-refractivity contribution in [1.29, 1.82) is 5.26 Å². The smallest absolute Gasteiger partial charge is 0.251 e. The van der Waals surface area contributed by atoms with Gasteiger partial charge >= 0.3 is 0 Å². The number of carbonyl (C=O) groups is 1. The third kappa shape index (κ3) is 6.56. The van der Waals surface area contributed by atoms with Crippen LogP contribution in [-0.2, 0) is 0 Å². The Hall–Kier alpha value is -2.79. The molecule has 1 amide bonds. The lowest BCUT2D eigenvalue weighted by Crippen LogP contribution is -2.52. The number of ether oxygens (including phenoxy) is 1. The van der Waals surface area contributed by atoms with Crippen molar-refractivity contribution in [3.63, 3.8) is 0 Å². The first-order valence-corrected chi connectivity index (χ1v) is 13.9. The number of hydrogen-bond acceptors (Lipinski definition) is 6. The predicted molar refractivity (Wildman–Crippen MR) is 146 cm³/mol. The quantitative estimate of drug-likeness (QED) is 0.593. The van der Waals surface area contributed by atoms with Gasteiger partial charge in [-0.25, -0.2) is 0 Å². The third-order valence-electron chi connectivity index (χ3n) is 8.00. The Bertz CT molecular complexity index is 1100. The second-order valence-electron chi connectivity index (χ2n) is 10.4. The van der Waals surface area contributed by atoms with Crippen molar-refractivity contribution in [2.24, 2.45) is 0 Å². The van der Waals surface area contributed by atoms with E-state index < -0.39 is 0 Å². The molecule has 1 saturated carbocycles. The van der Waals surface area contributed by atoms with E-state index in [0.29, 0.717) is 27.9 Å². The minimum atomic E-state index is -0.00721. The largest absolute Gasteiger partial charge is 0.490 e. The van der Waals surface area contributed by atoms with Gasteiger partial charge in [-0.3, -0.25) is 9.69 Å². The summed E-state index contributed by atoms with van der Waals surface area (Å²) >= 11 is 6.12. The number of rotatable bonds is 6. The lowest BCUT2D eigenvalue weighted by molar-refractivity contribution is 0.0894. The zero-order valence-corrected chi connectivity index (χ0v) is 22.1. The van der Waals surface area contributed by atoms with Crippen LogP contribution in [0.2, 0.25) is 5.02 Å². The maximum absolute atomic E-state index is 12.9. The molecule has 7 nitrogen and oxygen atoms in total. The van der Waals surface area contributed by atoms with Gasteiger partial charge in [-0.1, -0.05) is 11.6 Å². The normalized spacial score (nSPS) is 23.3. The van der Waals surface area contributed by atoms with Crippen LogP contribution < -0.4 is 20.3 Å². The van der Waals surface area contributed by atoms with Gasteiger partial charge in [0.2, 0.25) is 0 Å². The molecule has 8 heteroatoms. The zero-order chi connectivity index (χ0) is 25.6. The molecule has 0 spiro atoms. The lowest BCUT2D eigenvalue weighted by atomic mass is 9.92. The van der Waals surface area contributed by atoms with E-state index in [1.165, 1.54) is 18.5 Å². The van der Waals surface area contributed by atoms with Gasteiger partial charge in [0.25, 0.3) is 5.91 Å². The number of nitrogens with zero attached hydrogens (tertiary/aromatic N) is 3. The van der Waals surface area contributed by atoms with Crippen molar-refractivity contribution in [3.8, 4) is 11.8 Å². The summed E-state index contributed by atoms with van der Waals surface area (Å²) in [5, 5.41) is 16.1. The van der Waals surface area contributed by atoms with Gasteiger partial charge in [0.1, 0.15) is 11.8 Å². The molecule has 196 valence electrons. The van der Waals surface area contributed by atoms with Crippen LogP contribution in [0.4, 0.5) is 5.69 Å². The highest BCUT2D eigenvalue weighted by atomic mass is 35.5. The van der Waals surface area contributed by atoms with Crippen molar-refractivity contribution in [2.75, 3.05) is 44.2 Å². The number of carbonyl (C=O) groups excluding carboxylic acids is 1. The van der Waals surface area contributed by atoms with Gasteiger partial charge < -0.3 is 20.3 Å². The molecule has 37 heavy (non-hydrogen) atoms. The average Bonchev–Trinajstić information content (AvgIpc) is 2.95. The summed E-state index contributed by atoms with van der Waals surface area (Å²) in [6.45, 7) is 6.67. The number of piperidine rings is 1. The summed E-state index contributed by atoms with van der Waals surface area (Å²) in [7, 11) is 0. The summed E-state index contributed by atoms with van der Waals surface area (Å²) in [6.07, 6.45) is 5.98. The molecule has 3 aliphatic rings. The minimum absolute atomic E-state index is 0.00721.